The summed E-state index contributed by atoms with van der Waals surface area (Å²) >= 11 is 0. The lowest BCUT2D eigenvalue weighted by molar-refractivity contribution is -0.116. The van der Waals surface area contributed by atoms with E-state index in [9.17, 15) is 4.79 Å². The maximum atomic E-state index is 12.0. The van der Waals surface area contributed by atoms with E-state index in [0.29, 0.717) is 6.54 Å². The summed E-state index contributed by atoms with van der Waals surface area (Å²) in [7, 11) is 0. The van der Waals surface area contributed by atoms with Crippen molar-refractivity contribution in [2.75, 3.05) is 6.54 Å². The van der Waals surface area contributed by atoms with Gasteiger partial charge in [0.15, 0.2) is 0 Å². The van der Waals surface area contributed by atoms with Crippen molar-refractivity contribution in [3.63, 3.8) is 0 Å². The molecule has 0 saturated carbocycles. The Kier molecular flexibility index (Phi) is 5.03. The predicted molar refractivity (Wildman–Crippen MR) is 96.3 cm³/mol. The molecule has 0 aliphatic rings. The highest BCUT2D eigenvalue weighted by Gasteiger charge is 2.06. The molecule has 0 aliphatic carbocycles. The first-order valence-corrected chi connectivity index (χ1v) is 7.90. The molecule has 1 amide bonds. The monoisotopic (exact) mass is 320 g/mol. The number of benzene rings is 1. The van der Waals surface area contributed by atoms with Crippen LogP contribution in [0.1, 0.15) is 11.1 Å². The molecule has 3 rings (SSSR count). The molecule has 122 valence electrons. The second-order valence-corrected chi connectivity index (χ2v) is 5.67. The van der Waals surface area contributed by atoms with Gasteiger partial charge in [-0.1, -0.05) is 30.3 Å². The highest BCUT2D eigenvalue weighted by molar-refractivity contribution is 5.95. The molecule has 4 N–H and O–H groups in total. The van der Waals surface area contributed by atoms with Crippen molar-refractivity contribution >= 4 is 23.0 Å². The number of fused-ring (bicyclic) bond motifs is 1. The number of aromatic nitrogens is 2. The van der Waals surface area contributed by atoms with Crippen molar-refractivity contribution in [2.45, 2.75) is 12.5 Å². The Labute approximate surface area is 140 Å². The Morgan fingerprint density at radius 1 is 1.25 bits per heavy atom. The summed E-state index contributed by atoms with van der Waals surface area (Å²) < 4.78 is 0. The Hall–Kier alpha value is -2.92. The third-order valence-electron chi connectivity index (χ3n) is 3.78. The van der Waals surface area contributed by atoms with E-state index in [1.807, 2.05) is 48.7 Å². The summed E-state index contributed by atoms with van der Waals surface area (Å²) in [6.45, 7) is 0.438. The summed E-state index contributed by atoms with van der Waals surface area (Å²) in [5, 5.41) is 3.82. The van der Waals surface area contributed by atoms with Crippen LogP contribution in [0.2, 0.25) is 0 Å². The lowest BCUT2D eigenvalue weighted by atomic mass is 10.1. The largest absolute Gasteiger partial charge is 0.351 e. The van der Waals surface area contributed by atoms with E-state index >= 15 is 0 Å². The van der Waals surface area contributed by atoms with Gasteiger partial charge < -0.3 is 16.0 Å². The third kappa shape index (κ3) is 4.08. The minimum atomic E-state index is -0.156. The zero-order valence-corrected chi connectivity index (χ0v) is 13.3. The predicted octanol–water partition coefficient (Wildman–Crippen LogP) is 2.26. The summed E-state index contributed by atoms with van der Waals surface area (Å²) in [5.41, 5.74) is 8.97. The number of amides is 1. The fourth-order valence-electron chi connectivity index (χ4n) is 2.56. The zero-order chi connectivity index (χ0) is 16.8. The van der Waals surface area contributed by atoms with Gasteiger partial charge in [-0.15, -0.1) is 0 Å². The normalized spacial score (nSPS) is 12.5. The standard InChI is InChI=1S/C19H20N4O/c20-16(11-14-5-2-1-3-6-14)13-22-18(24)9-8-15-12-23-19-17(15)7-4-10-21-19/h1-10,12,16H,11,13,20H2,(H,21,23)(H,22,24)/t16-/m0/s1. The van der Waals surface area contributed by atoms with Crippen molar-refractivity contribution in [2.24, 2.45) is 5.73 Å². The molecule has 0 spiro atoms. The van der Waals surface area contributed by atoms with E-state index in [-0.39, 0.29) is 11.9 Å². The van der Waals surface area contributed by atoms with E-state index in [4.69, 9.17) is 5.73 Å². The number of nitrogens with one attached hydrogen (secondary N) is 2. The minimum absolute atomic E-state index is 0.109. The summed E-state index contributed by atoms with van der Waals surface area (Å²) in [5.74, 6) is -0.156. The molecule has 2 heterocycles. The molecule has 0 saturated heterocycles. The van der Waals surface area contributed by atoms with E-state index in [0.717, 1.165) is 23.0 Å². The lowest BCUT2D eigenvalue weighted by Gasteiger charge is -2.11. The molecule has 2 aromatic heterocycles. The summed E-state index contributed by atoms with van der Waals surface area (Å²) in [6.07, 6.45) is 7.60. The van der Waals surface area contributed by atoms with Crippen molar-refractivity contribution in [3.05, 3.63) is 72.1 Å². The van der Waals surface area contributed by atoms with Gasteiger partial charge in [0.1, 0.15) is 5.65 Å². The molecule has 3 aromatic rings. The topological polar surface area (TPSA) is 83.8 Å². The Morgan fingerprint density at radius 2 is 2.08 bits per heavy atom. The second-order valence-electron chi connectivity index (χ2n) is 5.67. The Balaban J connectivity index is 1.52. The highest BCUT2D eigenvalue weighted by atomic mass is 16.1. The van der Waals surface area contributed by atoms with Crippen LogP contribution in [0, 0.1) is 0 Å². The minimum Gasteiger partial charge on any atom is -0.351 e. The van der Waals surface area contributed by atoms with Crippen molar-refractivity contribution < 1.29 is 4.79 Å². The fraction of sp³-hybridized carbons (Fsp3) is 0.158. The lowest BCUT2D eigenvalue weighted by Crippen LogP contribution is -2.37. The number of rotatable bonds is 6. The number of pyridine rings is 1. The van der Waals surface area contributed by atoms with Crippen LogP contribution in [-0.4, -0.2) is 28.5 Å². The maximum Gasteiger partial charge on any atom is 0.244 e. The van der Waals surface area contributed by atoms with Crippen LogP contribution < -0.4 is 11.1 Å². The highest BCUT2D eigenvalue weighted by Crippen LogP contribution is 2.16. The molecule has 1 atom stereocenters. The van der Waals surface area contributed by atoms with Crippen molar-refractivity contribution in [1.82, 2.24) is 15.3 Å². The Bertz CT molecular complexity index is 839. The number of carbonyl (C=O) groups is 1. The van der Waals surface area contributed by atoms with E-state index in [1.54, 1.807) is 12.3 Å². The number of carbonyl (C=O) groups excluding carboxylic acids is 1. The number of nitrogens with two attached hydrogens (primary N) is 1. The fourth-order valence-corrected chi connectivity index (χ4v) is 2.56. The molecular formula is C19H20N4O. The van der Waals surface area contributed by atoms with E-state index in [2.05, 4.69) is 15.3 Å². The van der Waals surface area contributed by atoms with Gasteiger partial charge in [0.2, 0.25) is 5.91 Å². The molecule has 0 bridgehead atoms. The second kappa shape index (κ2) is 7.57. The van der Waals surface area contributed by atoms with Crippen molar-refractivity contribution in [3.8, 4) is 0 Å². The van der Waals surface area contributed by atoms with Crippen LogP contribution in [0.3, 0.4) is 0 Å². The van der Waals surface area contributed by atoms with Crippen molar-refractivity contribution in [1.29, 1.82) is 0 Å². The van der Waals surface area contributed by atoms with E-state index < -0.39 is 0 Å². The van der Waals surface area contributed by atoms with Gasteiger partial charge in [-0.2, -0.15) is 0 Å². The van der Waals surface area contributed by atoms with Gasteiger partial charge >= 0.3 is 0 Å². The van der Waals surface area contributed by atoms with Gasteiger partial charge in [0.05, 0.1) is 0 Å². The molecule has 0 aliphatic heterocycles. The van der Waals surface area contributed by atoms with Crippen LogP contribution in [0.5, 0.6) is 0 Å². The van der Waals surface area contributed by atoms with E-state index in [1.165, 1.54) is 11.6 Å². The van der Waals surface area contributed by atoms with Crippen LogP contribution in [0.15, 0.2) is 60.9 Å². The number of aromatic amines is 1. The molecule has 5 nitrogen and oxygen atoms in total. The maximum absolute atomic E-state index is 12.0. The van der Waals surface area contributed by atoms with Crippen LogP contribution in [0.4, 0.5) is 0 Å². The molecule has 0 unspecified atom stereocenters. The first-order chi connectivity index (χ1) is 11.7. The quantitative estimate of drug-likeness (QED) is 0.609. The Morgan fingerprint density at radius 3 is 2.92 bits per heavy atom. The van der Waals surface area contributed by atoms with Gasteiger partial charge in [0, 0.05) is 42.0 Å². The average Bonchev–Trinajstić information content (AvgIpc) is 3.02. The van der Waals surface area contributed by atoms with Gasteiger partial charge in [-0.3, -0.25) is 4.79 Å². The van der Waals surface area contributed by atoms with Gasteiger partial charge in [-0.25, -0.2) is 4.98 Å². The SMILES string of the molecule is N[C@H](CNC(=O)C=Cc1c[nH]c2ncccc12)Cc1ccccc1. The van der Waals surface area contributed by atoms with Crippen LogP contribution >= 0.6 is 0 Å². The summed E-state index contributed by atoms with van der Waals surface area (Å²) in [6, 6.07) is 13.7. The molecule has 1 aromatic carbocycles. The summed E-state index contributed by atoms with van der Waals surface area (Å²) in [4.78, 5) is 19.2. The molecular weight excluding hydrogens is 300 g/mol. The first kappa shape index (κ1) is 16.0. The average molecular weight is 320 g/mol. The molecule has 0 radical (unpaired) electrons. The van der Waals surface area contributed by atoms with Gasteiger partial charge in [0.25, 0.3) is 0 Å². The smallest absolute Gasteiger partial charge is 0.244 e. The first-order valence-electron chi connectivity index (χ1n) is 7.90. The molecule has 24 heavy (non-hydrogen) atoms. The number of nitrogens with zero attached hydrogens (tertiary/aromatic N) is 1. The third-order valence-corrected chi connectivity index (χ3v) is 3.78. The molecule has 0 fully saturated rings. The van der Waals surface area contributed by atoms with Gasteiger partial charge in [-0.05, 0) is 30.2 Å². The number of hydrogen-bond acceptors (Lipinski definition) is 3. The number of H-pyrrole nitrogens is 1. The zero-order valence-electron chi connectivity index (χ0n) is 13.3. The number of hydrogen-bond donors (Lipinski definition) is 3. The van der Waals surface area contributed by atoms with Crippen LogP contribution in [0.25, 0.3) is 17.1 Å². The molecule has 5 heteroatoms. The van der Waals surface area contributed by atoms with Crippen LogP contribution in [-0.2, 0) is 11.2 Å².